The number of allylic oxidation sites excluding steroid dienone is 8. The van der Waals surface area contributed by atoms with E-state index in [4.69, 9.17) is 14.2 Å². The summed E-state index contributed by atoms with van der Waals surface area (Å²) >= 11 is 0. The number of nitrogens with zero attached hydrogens (tertiary/aromatic N) is 1. The molecule has 0 amide bonds. The lowest BCUT2D eigenvalue weighted by Gasteiger charge is -2.31. The number of carboxylic acids is 1. The SMILES string of the molecule is CC/C=C/C/C=C/C/C=C/C/C=C/CCCCCCCCCCCC(=O)OCC(COCCC(C(=O)O)[N+](C)(C)C)OC(=O)CCCCCCCCCCCCCCCCCCCCC. The summed E-state index contributed by atoms with van der Waals surface area (Å²) in [5, 5.41) is 9.67. The minimum absolute atomic E-state index is 0.0518. The summed E-state index contributed by atoms with van der Waals surface area (Å²) in [6, 6.07) is -0.616. The first-order valence-electron chi connectivity index (χ1n) is 27.2. The van der Waals surface area contributed by atoms with Crippen LogP contribution in [-0.4, -0.2) is 80.6 Å². The molecule has 0 radical (unpaired) electrons. The molecule has 0 aliphatic rings. The third-order valence-corrected chi connectivity index (χ3v) is 12.2. The van der Waals surface area contributed by atoms with Gasteiger partial charge in [0.15, 0.2) is 12.1 Å². The van der Waals surface area contributed by atoms with E-state index in [0.717, 1.165) is 70.6 Å². The normalized spacial score (nSPS) is 13.2. The van der Waals surface area contributed by atoms with Crippen molar-refractivity contribution in [2.75, 3.05) is 41.0 Å². The molecule has 1 N–H and O–H groups in total. The van der Waals surface area contributed by atoms with Gasteiger partial charge in [-0.3, -0.25) is 9.59 Å². The molecule has 0 aliphatic carbocycles. The van der Waals surface area contributed by atoms with E-state index in [-0.39, 0.29) is 36.2 Å². The van der Waals surface area contributed by atoms with E-state index < -0.39 is 18.1 Å². The van der Waals surface area contributed by atoms with Gasteiger partial charge < -0.3 is 23.8 Å². The molecule has 0 heterocycles. The Morgan fingerprint density at radius 3 is 1.28 bits per heavy atom. The fourth-order valence-electron chi connectivity index (χ4n) is 8.09. The second kappa shape index (κ2) is 47.8. The van der Waals surface area contributed by atoms with Crippen molar-refractivity contribution in [3.63, 3.8) is 0 Å². The zero-order valence-corrected chi connectivity index (χ0v) is 43.2. The summed E-state index contributed by atoms with van der Waals surface area (Å²) in [4.78, 5) is 37.2. The number of rotatable bonds is 49. The largest absolute Gasteiger partial charge is 0.477 e. The molecule has 65 heavy (non-hydrogen) atoms. The molecule has 0 saturated heterocycles. The van der Waals surface area contributed by atoms with Crippen molar-refractivity contribution in [3.8, 4) is 0 Å². The van der Waals surface area contributed by atoms with Gasteiger partial charge >= 0.3 is 17.9 Å². The summed E-state index contributed by atoms with van der Waals surface area (Å²) in [5.41, 5.74) is 0. The maximum Gasteiger partial charge on any atom is 0.362 e. The summed E-state index contributed by atoms with van der Waals surface area (Å²) in [5.74, 6) is -1.46. The molecule has 0 aliphatic heterocycles. The third-order valence-electron chi connectivity index (χ3n) is 12.2. The second-order valence-electron chi connectivity index (χ2n) is 19.5. The minimum atomic E-state index is -0.873. The Morgan fingerprint density at radius 2 is 0.862 bits per heavy atom. The zero-order chi connectivity index (χ0) is 47.7. The van der Waals surface area contributed by atoms with E-state index in [1.54, 1.807) is 0 Å². The highest BCUT2D eigenvalue weighted by atomic mass is 16.6. The average molecular weight is 915 g/mol. The van der Waals surface area contributed by atoms with Crippen LogP contribution in [0.1, 0.15) is 245 Å². The average Bonchev–Trinajstić information content (AvgIpc) is 3.27. The quantitative estimate of drug-likeness (QED) is 0.0281. The number of aliphatic carboxylic acids is 1. The highest BCUT2D eigenvalue weighted by Crippen LogP contribution is 2.17. The van der Waals surface area contributed by atoms with Gasteiger partial charge in [-0.05, 0) is 51.4 Å². The predicted molar refractivity (Wildman–Crippen MR) is 275 cm³/mol. The van der Waals surface area contributed by atoms with Crippen molar-refractivity contribution in [1.82, 2.24) is 0 Å². The van der Waals surface area contributed by atoms with Crippen molar-refractivity contribution < 1.29 is 38.2 Å². The van der Waals surface area contributed by atoms with E-state index in [1.807, 2.05) is 21.1 Å². The number of esters is 2. The second-order valence-corrected chi connectivity index (χ2v) is 19.5. The molecular weight excluding hydrogens is 811 g/mol. The van der Waals surface area contributed by atoms with Gasteiger partial charge in [-0.15, -0.1) is 0 Å². The van der Waals surface area contributed by atoms with Gasteiger partial charge in [0.1, 0.15) is 6.61 Å². The van der Waals surface area contributed by atoms with E-state index >= 15 is 0 Å². The van der Waals surface area contributed by atoms with Crippen LogP contribution in [-0.2, 0) is 28.6 Å². The van der Waals surface area contributed by atoms with Crippen molar-refractivity contribution in [1.29, 1.82) is 0 Å². The zero-order valence-electron chi connectivity index (χ0n) is 43.2. The lowest BCUT2D eigenvalue weighted by molar-refractivity contribution is -0.887. The van der Waals surface area contributed by atoms with Gasteiger partial charge in [0, 0.05) is 19.3 Å². The summed E-state index contributed by atoms with van der Waals surface area (Å²) in [7, 11) is 5.54. The Morgan fingerprint density at radius 1 is 0.477 bits per heavy atom. The lowest BCUT2D eigenvalue weighted by atomic mass is 10.0. The first-order chi connectivity index (χ1) is 31.6. The molecular formula is C57H104NO7+. The van der Waals surface area contributed by atoms with Gasteiger partial charge in [0.25, 0.3) is 0 Å². The van der Waals surface area contributed by atoms with Gasteiger partial charge in [-0.2, -0.15) is 0 Å². The fraction of sp³-hybridized carbons (Fsp3) is 0.807. The first kappa shape index (κ1) is 62.3. The van der Waals surface area contributed by atoms with Crippen molar-refractivity contribution in [3.05, 3.63) is 48.6 Å². The predicted octanol–water partition coefficient (Wildman–Crippen LogP) is 15.9. The van der Waals surface area contributed by atoms with E-state index in [1.165, 1.54) is 141 Å². The molecule has 378 valence electrons. The van der Waals surface area contributed by atoms with Crippen LogP contribution >= 0.6 is 0 Å². The number of unbranched alkanes of at least 4 members (excludes halogenated alkanes) is 27. The molecule has 2 atom stereocenters. The maximum atomic E-state index is 12.8. The van der Waals surface area contributed by atoms with Crippen LogP contribution in [0.3, 0.4) is 0 Å². The minimum Gasteiger partial charge on any atom is -0.477 e. The highest BCUT2D eigenvalue weighted by Gasteiger charge is 2.31. The van der Waals surface area contributed by atoms with E-state index in [9.17, 15) is 19.5 Å². The van der Waals surface area contributed by atoms with Gasteiger partial charge in [-0.1, -0.05) is 223 Å². The van der Waals surface area contributed by atoms with Crippen LogP contribution < -0.4 is 0 Å². The van der Waals surface area contributed by atoms with Crippen molar-refractivity contribution in [2.24, 2.45) is 0 Å². The lowest BCUT2D eigenvalue weighted by Crippen LogP contribution is -2.50. The van der Waals surface area contributed by atoms with Crippen LogP contribution in [0.2, 0.25) is 0 Å². The fourth-order valence-corrected chi connectivity index (χ4v) is 8.09. The number of hydrogen-bond acceptors (Lipinski definition) is 6. The number of hydrogen-bond donors (Lipinski definition) is 1. The maximum absolute atomic E-state index is 12.8. The summed E-state index contributed by atoms with van der Waals surface area (Å²) in [6.45, 7) is 4.66. The molecule has 0 rings (SSSR count). The first-order valence-corrected chi connectivity index (χ1v) is 27.2. The van der Waals surface area contributed by atoms with Gasteiger partial charge in [0.2, 0.25) is 0 Å². The highest BCUT2D eigenvalue weighted by molar-refractivity contribution is 5.72. The number of carbonyl (C=O) groups excluding carboxylic acids is 2. The molecule has 8 heteroatoms. The van der Waals surface area contributed by atoms with Crippen LogP contribution in [0.15, 0.2) is 48.6 Å². The van der Waals surface area contributed by atoms with Crippen LogP contribution in [0, 0.1) is 0 Å². The monoisotopic (exact) mass is 915 g/mol. The summed E-state index contributed by atoms with van der Waals surface area (Å²) < 4.78 is 17.4. The smallest absolute Gasteiger partial charge is 0.362 e. The molecule has 0 saturated carbocycles. The number of likely N-dealkylation sites (N-methyl/N-ethyl adjacent to an activating group) is 1. The van der Waals surface area contributed by atoms with E-state index in [2.05, 4.69) is 62.5 Å². The Hall–Kier alpha value is -2.71. The molecule has 0 aromatic rings. The topological polar surface area (TPSA) is 99.1 Å². The van der Waals surface area contributed by atoms with Gasteiger partial charge in [-0.25, -0.2) is 4.79 Å². The molecule has 2 unspecified atom stereocenters. The molecule has 0 aromatic carbocycles. The molecule has 0 fully saturated rings. The number of carboxylic acid groups (broad SMARTS) is 1. The third kappa shape index (κ3) is 46.2. The molecule has 0 spiro atoms. The summed E-state index contributed by atoms with van der Waals surface area (Å²) in [6.07, 6.45) is 58.8. The standard InChI is InChI=1S/C57H103NO7/c1-6-8-10-12-14-16-18-20-22-24-26-27-28-30-31-33-35-37-39-41-43-45-47-55(59)64-52-53(51-63-50-49-54(57(61)62)58(3,4)5)65-56(60)48-46-44-42-40-38-36-34-32-29-25-23-21-19-17-15-13-11-9-7-2/h8,10,14,16,20,22,26-27,53-54H,6-7,9,11-13,15,17-19,21,23-25,28-52H2,1-5H3/p+1/b10-8+,16-14+,22-20+,27-26+. The number of carbonyl (C=O) groups is 3. The van der Waals surface area contributed by atoms with Crippen molar-refractivity contribution in [2.45, 2.75) is 257 Å². The van der Waals surface area contributed by atoms with Crippen LogP contribution in [0.4, 0.5) is 0 Å². The molecule has 8 nitrogen and oxygen atoms in total. The Balaban J connectivity index is 4.20. The van der Waals surface area contributed by atoms with Crippen molar-refractivity contribution >= 4 is 17.9 Å². The molecule has 0 bridgehead atoms. The number of ether oxygens (including phenoxy) is 3. The van der Waals surface area contributed by atoms with Gasteiger partial charge in [0.05, 0.1) is 34.4 Å². The van der Waals surface area contributed by atoms with Crippen LogP contribution in [0.25, 0.3) is 0 Å². The van der Waals surface area contributed by atoms with Crippen LogP contribution in [0.5, 0.6) is 0 Å². The Labute approximate surface area is 401 Å². The Kier molecular flexibility index (Phi) is 45.8. The van der Waals surface area contributed by atoms with E-state index in [0.29, 0.717) is 19.3 Å². The Bertz CT molecular complexity index is 1200. The molecule has 0 aromatic heterocycles. The number of quaternary nitrogens is 1.